The molecule has 9 heteroatoms. The van der Waals surface area contributed by atoms with E-state index < -0.39 is 6.23 Å². The molecule has 2 N–H and O–H groups in total. The van der Waals surface area contributed by atoms with E-state index in [1.54, 1.807) is 7.11 Å². The molecule has 1 aliphatic rings. The highest BCUT2D eigenvalue weighted by atomic mass is 16.5. The maximum atomic E-state index is 12.6. The Bertz CT molecular complexity index is 1040. The normalized spacial score (nSPS) is 15.9. The molecule has 35 heavy (non-hydrogen) atoms. The number of hydrogen-bond acceptors (Lipinski definition) is 8. The molecule has 190 valence electrons. The fourth-order valence-corrected chi connectivity index (χ4v) is 3.94. The van der Waals surface area contributed by atoms with Gasteiger partial charge in [0.2, 0.25) is 23.9 Å². The second kappa shape index (κ2) is 13.0. The number of pyridine rings is 1. The zero-order valence-corrected chi connectivity index (χ0v) is 21.2. The minimum atomic E-state index is -0.512. The molecule has 3 rings (SSSR count). The van der Waals surface area contributed by atoms with Crippen molar-refractivity contribution in [3.63, 3.8) is 0 Å². The lowest BCUT2D eigenvalue weighted by Crippen LogP contribution is -2.48. The van der Waals surface area contributed by atoms with Crippen molar-refractivity contribution >= 4 is 28.5 Å². The number of para-hydroxylation sites is 1. The highest BCUT2D eigenvalue weighted by Crippen LogP contribution is 2.25. The van der Waals surface area contributed by atoms with Gasteiger partial charge in [-0.05, 0) is 39.1 Å². The zero-order valence-electron chi connectivity index (χ0n) is 21.2. The van der Waals surface area contributed by atoms with E-state index in [0.717, 1.165) is 30.2 Å². The molecule has 1 aliphatic heterocycles. The fourth-order valence-electron chi connectivity index (χ4n) is 3.94. The second-order valence-electron chi connectivity index (χ2n) is 9.04. The average molecular weight is 484 g/mol. The molecule has 0 radical (unpaired) electrons. The Morgan fingerprint density at radius 2 is 2.00 bits per heavy atom. The third-order valence-corrected chi connectivity index (χ3v) is 6.01. The first kappa shape index (κ1) is 26.4. The number of benzene rings is 1. The number of ketones is 1. The highest BCUT2D eigenvalue weighted by Gasteiger charge is 2.31. The Labute approximate surface area is 207 Å². The number of carbonyl (C=O) groups excluding carboxylic acids is 2. The molecule has 0 spiro atoms. The van der Waals surface area contributed by atoms with E-state index >= 15 is 0 Å². The molecule has 1 aromatic carbocycles. The van der Waals surface area contributed by atoms with Gasteiger partial charge in [-0.3, -0.25) is 15.0 Å². The number of unbranched alkanes of at least 4 members (excludes halogenated alkanes) is 2. The lowest BCUT2D eigenvalue weighted by Gasteiger charge is -2.25. The van der Waals surface area contributed by atoms with Crippen LogP contribution in [0.25, 0.3) is 10.9 Å². The highest BCUT2D eigenvalue weighted by molar-refractivity contribution is 6.00. The Balaban J connectivity index is 1.67. The maximum absolute atomic E-state index is 12.6. The summed E-state index contributed by atoms with van der Waals surface area (Å²) in [5.74, 6) is 1.06. The minimum absolute atomic E-state index is 0.0336. The van der Waals surface area contributed by atoms with Crippen LogP contribution >= 0.6 is 0 Å². The summed E-state index contributed by atoms with van der Waals surface area (Å²) in [4.78, 5) is 30.7. The van der Waals surface area contributed by atoms with Crippen LogP contribution in [0.1, 0.15) is 57.4 Å². The first-order valence-corrected chi connectivity index (χ1v) is 12.3. The lowest BCUT2D eigenvalue weighted by molar-refractivity contribution is -0.123. The molecule has 2 atom stereocenters. The van der Waals surface area contributed by atoms with Crippen molar-refractivity contribution in [2.45, 2.75) is 64.1 Å². The van der Waals surface area contributed by atoms with Crippen LogP contribution in [-0.4, -0.2) is 67.5 Å². The van der Waals surface area contributed by atoms with Crippen molar-refractivity contribution in [1.29, 1.82) is 0 Å². The SMILES string of the molecule is CCC(=O)CCCCCC(NC(=O)CCN(C)C)C1NN=C(c2cc3ccccc3nc2OC)O1. The summed E-state index contributed by atoms with van der Waals surface area (Å²) in [5.41, 5.74) is 4.52. The van der Waals surface area contributed by atoms with Crippen LogP contribution in [0.4, 0.5) is 0 Å². The van der Waals surface area contributed by atoms with E-state index in [1.165, 1.54) is 0 Å². The topological polar surface area (TPSA) is 105 Å². The molecule has 0 saturated heterocycles. The first-order chi connectivity index (χ1) is 16.9. The second-order valence-corrected chi connectivity index (χ2v) is 9.04. The van der Waals surface area contributed by atoms with Crippen LogP contribution in [0.2, 0.25) is 0 Å². The molecule has 1 aromatic heterocycles. The van der Waals surface area contributed by atoms with Crippen LogP contribution in [0.3, 0.4) is 0 Å². The maximum Gasteiger partial charge on any atom is 0.245 e. The first-order valence-electron chi connectivity index (χ1n) is 12.3. The number of hydrazone groups is 1. The van der Waals surface area contributed by atoms with Gasteiger partial charge in [0.1, 0.15) is 11.3 Å². The molecular weight excluding hydrogens is 446 g/mol. The predicted molar refractivity (Wildman–Crippen MR) is 136 cm³/mol. The quantitative estimate of drug-likeness (QED) is 0.398. The van der Waals surface area contributed by atoms with Crippen molar-refractivity contribution in [2.24, 2.45) is 5.10 Å². The van der Waals surface area contributed by atoms with E-state index in [4.69, 9.17) is 9.47 Å². The molecule has 0 bridgehead atoms. The number of nitrogens with one attached hydrogen (secondary N) is 2. The average Bonchev–Trinajstić information content (AvgIpc) is 3.35. The Morgan fingerprint density at radius 1 is 1.20 bits per heavy atom. The van der Waals surface area contributed by atoms with Crippen LogP contribution in [0.15, 0.2) is 35.4 Å². The van der Waals surface area contributed by atoms with Crippen molar-refractivity contribution in [3.8, 4) is 5.88 Å². The summed E-state index contributed by atoms with van der Waals surface area (Å²) in [5, 5.41) is 8.47. The van der Waals surface area contributed by atoms with Crippen molar-refractivity contribution in [3.05, 3.63) is 35.9 Å². The molecule has 0 aliphatic carbocycles. The number of Topliss-reactive ketones (excluding diaryl/α,β-unsaturated/α-hetero) is 1. The van der Waals surface area contributed by atoms with E-state index in [1.807, 2.05) is 56.3 Å². The molecule has 2 unspecified atom stereocenters. The largest absolute Gasteiger partial charge is 0.480 e. The van der Waals surface area contributed by atoms with Crippen LogP contribution in [-0.2, 0) is 14.3 Å². The van der Waals surface area contributed by atoms with Gasteiger partial charge in [-0.15, -0.1) is 5.10 Å². The molecular formula is C26H37N5O4. The number of nitrogens with zero attached hydrogens (tertiary/aromatic N) is 3. The molecule has 0 fully saturated rings. The number of methoxy groups -OCH3 is 1. The molecule has 1 amide bonds. The fraction of sp³-hybridized carbons (Fsp3) is 0.538. The van der Waals surface area contributed by atoms with Gasteiger partial charge in [-0.25, -0.2) is 4.98 Å². The van der Waals surface area contributed by atoms with E-state index in [0.29, 0.717) is 49.6 Å². The van der Waals surface area contributed by atoms with Gasteiger partial charge in [-0.2, -0.15) is 0 Å². The monoisotopic (exact) mass is 483 g/mol. The number of ether oxygens (including phenoxy) is 2. The van der Waals surface area contributed by atoms with Crippen LogP contribution in [0, 0.1) is 0 Å². The molecule has 0 saturated carbocycles. The Kier molecular flexibility index (Phi) is 9.84. The standard InChI is InChI=1S/C26H37N5O4/c1-5-19(32)12-7-6-8-14-22(27-23(33)15-16-31(2)3)26-30-29-25(35-26)20-17-18-11-9-10-13-21(18)28-24(20)34-4/h9-11,13,17,22,26,30H,5-8,12,14-16H2,1-4H3,(H,27,33). The van der Waals surface area contributed by atoms with Crippen molar-refractivity contribution in [2.75, 3.05) is 27.7 Å². The molecule has 9 nitrogen and oxygen atoms in total. The molecule has 2 aromatic rings. The van der Waals surface area contributed by atoms with Gasteiger partial charge in [0.25, 0.3) is 0 Å². The van der Waals surface area contributed by atoms with Crippen LogP contribution in [0.5, 0.6) is 5.88 Å². The Hall–Kier alpha value is -3.20. The number of hydrogen-bond donors (Lipinski definition) is 2. The van der Waals surface area contributed by atoms with Gasteiger partial charge in [0.05, 0.1) is 18.7 Å². The van der Waals surface area contributed by atoms with E-state index in [9.17, 15) is 9.59 Å². The van der Waals surface area contributed by atoms with E-state index in [-0.39, 0.29) is 17.7 Å². The van der Waals surface area contributed by atoms with Gasteiger partial charge in [0, 0.05) is 31.2 Å². The van der Waals surface area contributed by atoms with Crippen LogP contribution < -0.4 is 15.5 Å². The summed E-state index contributed by atoms with van der Waals surface area (Å²) in [6.45, 7) is 2.56. The summed E-state index contributed by atoms with van der Waals surface area (Å²) >= 11 is 0. The minimum Gasteiger partial charge on any atom is -0.480 e. The number of fused-ring (bicyclic) bond motifs is 1. The summed E-state index contributed by atoms with van der Waals surface area (Å²) in [6, 6.07) is 9.45. The zero-order chi connectivity index (χ0) is 25.2. The summed E-state index contributed by atoms with van der Waals surface area (Å²) in [7, 11) is 5.45. The van der Waals surface area contributed by atoms with Gasteiger partial charge in [-0.1, -0.05) is 38.0 Å². The van der Waals surface area contributed by atoms with Gasteiger partial charge >= 0.3 is 0 Å². The smallest absolute Gasteiger partial charge is 0.245 e. The number of carbonyl (C=O) groups is 2. The predicted octanol–water partition coefficient (Wildman–Crippen LogP) is 3.22. The van der Waals surface area contributed by atoms with Crippen molar-refractivity contribution < 1.29 is 19.1 Å². The Morgan fingerprint density at radius 3 is 2.74 bits per heavy atom. The third-order valence-electron chi connectivity index (χ3n) is 6.01. The summed E-state index contributed by atoms with van der Waals surface area (Å²) in [6.07, 6.45) is 4.43. The van der Waals surface area contributed by atoms with Gasteiger partial charge in [0.15, 0.2) is 0 Å². The lowest BCUT2D eigenvalue weighted by atomic mass is 10.0. The van der Waals surface area contributed by atoms with Crippen molar-refractivity contribution in [1.82, 2.24) is 20.6 Å². The summed E-state index contributed by atoms with van der Waals surface area (Å²) < 4.78 is 11.7. The third kappa shape index (κ3) is 7.65. The van der Waals surface area contributed by atoms with Gasteiger partial charge < -0.3 is 19.7 Å². The molecule has 2 heterocycles. The number of aromatic nitrogens is 1. The number of amides is 1. The number of rotatable bonds is 14. The van der Waals surface area contributed by atoms with E-state index in [2.05, 4.69) is 20.8 Å².